The van der Waals surface area contributed by atoms with Crippen LogP contribution in [0.25, 0.3) is 10.8 Å². The van der Waals surface area contributed by atoms with Crippen LogP contribution in [-0.4, -0.2) is 102 Å². The molecule has 0 bridgehead atoms. The Hall–Kier alpha value is -5.80. The predicted octanol–water partition coefficient (Wildman–Crippen LogP) is 8.41. The number of nitro benzene ring substituents is 1. The van der Waals surface area contributed by atoms with Crippen molar-refractivity contribution in [3.8, 4) is 17.2 Å². The summed E-state index contributed by atoms with van der Waals surface area (Å²) in [4.78, 5) is 35.8. The molecule has 14 nitrogen and oxygen atoms in total. The molecule has 14 heteroatoms. The van der Waals surface area contributed by atoms with Crippen molar-refractivity contribution in [2.24, 2.45) is 22.9 Å². The van der Waals surface area contributed by atoms with E-state index in [2.05, 4.69) is 23.6 Å². The second kappa shape index (κ2) is 20.4. The molecule has 2 aliphatic heterocycles. The van der Waals surface area contributed by atoms with E-state index in [-0.39, 0.29) is 62.0 Å². The van der Waals surface area contributed by atoms with Crippen LogP contribution in [0.3, 0.4) is 0 Å². The predicted molar refractivity (Wildman–Crippen MR) is 243 cm³/mol. The second-order valence-corrected chi connectivity index (χ2v) is 17.0. The van der Waals surface area contributed by atoms with Crippen molar-refractivity contribution in [3.05, 3.63) is 130 Å². The second-order valence-electron chi connectivity index (χ2n) is 17.0. The van der Waals surface area contributed by atoms with Gasteiger partial charge in [0.05, 0.1) is 29.7 Å². The van der Waals surface area contributed by atoms with Crippen molar-refractivity contribution in [2.45, 2.75) is 69.2 Å². The lowest BCUT2D eigenvalue weighted by Crippen LogP contribution is -2.70. The molecule has 1 amide bonds. The van der Waals surface area contributed by atoms with Crippen molar-refractivity contribution in [3.63, 3.8) is 0 Å². The first-order valence-corrected chi connectivity index (χ1v) is 22.4. The zero-order valence-electron chi connectivity index (χ0n) is 36.4. The summed E-state index contributed by atoms with van der Waals surface area (Å²) in [5.41, 5.74) is 3.24. The summed E-state index contributed by atoms with van der Waals surface area (Å²) in [6.45, 7) is 7.91. The van der Waals surface area contributed by atoms with E-state index in [1.54, 1.807) is 11.0 Å². The molecule has 0 aromatic heterocycles. The van der Waals surface area contributed by atoms with Crippen molar-refractivity contribution in [2.75, 3.05) is 53.2 Å². The molecule has 2 aliphatic carbocycles. The maximum Gasteiger partial charge on any atom is 0.416 e. The number of carbonyl (C=O) groups excluding carboxylic acids is 1. The van der Waals surface area contributed by atoms with Crippen LogP contribution in [-0.2, 0) is 16.1 Å². The van der Waals surface area contributed by atoms with Crippen LogP contribution >= 0.6 is 0 Å². The molecule has 8 rings (SSSR count). The molecular formula is C50H58N4O10. The molecule has 4 aromatic carbocycles. The Labute approximate surface area is 373 Å². The Kier molecular flexibility index (Phi) is 14.2. The molecule has 1 saturated heterocycles. The first kappa shape index (κ1) is 44.8. The Morgan fingerprint density at radius 2 is 1.75 bits per heavy atom. The topological polar surface area (TPSA) is 165 Å². The lowest BCUT2D eigenvalue weighted by Gasteiger charge is -2.59. The van der Waals surface area contributed by atoms with Gasteiger partial charge in [-0.25, -0.2) is 4.79 Å². The number of allylic oxidation sites excluding steroid dienone is 1. The lowest BCUT2D eigenvalue weighted by molar-refractivity contribution is -0.384. The van der Waals surface area contributed by atoms with Gasteiger partial charge in [-0.15, -0.1) is 6.58 Å². The molecule has 0 spiro atoms. The first-order valence-electron chi connectivity index (χ1n) is 22.4. The molecule has 6 atom stereocenters. The number of oxime groups is 1. The normalized spacial score (nSPS) is 23.9. The number of benzene rings is 4. The molecule has 2 heterocycles. The molecule has 0 radical (unpaired) electrons. The van der Waals surface area contributed by atoms with E-state index in [9.17, 15) is 20.3 Å². The average Bonchev–Trinajstić information content (AvgIpc) is 4.14. The third kappa shape index (κ3) is 9.51. The van der Waals surface area contributed by atoms with Gasteiger partial charge < -0.3 is 34.0 Å². The molecule has 64 heavy (non-hydrogen) atoms. The van der Waals surface area contributed by atoms with E-state index in [1.165, 1.54) is 31.4 Å². The molecule has 4 aromatic rings. The summed E-state index contributed by atoms with van der Waals surface area (Å²) < 4.78 is 27.1. The Morgan fingerprint density at radius 3 is 2.48 bits per heavy atom. The van der Waals surface area contributed by atoms with E-state index in [4.69, 9.17) is 28.9 Å². The van der Waals surface area contributed by atoms with Crippen LogP contribution < -0.4 is 14.2 Å². The SMILES string of the molecule is C=CCOC12Oc3ccc(OCCN4CC4)cc3C3C(CCCCO)C(CCCCO)C=C(C(=NOC)CC1N(Cc1cccc4ccccc14)C(=O)Oc1ccc([N+](=O)[O-])cc1)C32. The number of aliphatic hydroxyl groups is 2. The van der Waals surface area contributed by atoms with Crippen LogP contribution in [0.2, 0.25) is 0 Å². The van der Waals surface area contributed by atoms with Crippen LogP contribution in [0.1, 0.15) is 62.0 Å². The number of nitro groups is 1. The van der Waals surface area contributed by atoms with Gasteiger partial charge in [0.1, 0.15) is 37.0 Å². The summed E-state index contributed by atoms with van der Waals surface area (Å²) in [5.74, 6) is -0.737. The number of fused-ring (bicyclic) bond motifs is 3. The molecule has 338 valence electrons. The Morgan fingerprint density at radius 1 is 1.00 bits per heavy atom. The third-order valence-electron chi connectivity index (χ3n) is 13.1. The van der Waals surface area contributed by atoms with Gasteiger partial charge in [0.2, 0.25) is 5.79 Å². The highest BCUT2D eigenvalue weighted by molar-refractivity contribution is 6.03. The van der Waals surface area contributed by atoms with Gasteiger partial charge in [-0.3, -0.25) is 19.9 Å². The van der Waals surface area contributed by atoms with E-state index >= 15 is 4.79 Å². The summed E-state index contributed by atoms with van der Waals surface area (Å²) >= 11 is 0. The molecule has 6 unspecified atom stereocenters. The van der Waals surface area contributed by atoms with Gasteiger partial charge in [0.15, 0.2) is 0 Å². The zero-order valence-corrected chi connectivity index (χ0v) is 36.4. The molecule has 2 N–H and O–H groups in total. The largest absolute Gasteiger partial charge is 0.492 e. The molecular weight excluding hydrogens is 817 g/mol. The van der Waals surface area contributed by atoms with E-state index in [0.29, 0.717) is 30.9 Å². The zero-order chi connectivity index (χ0) is 44.6. The van der Waals surface area contributed by atoms with Gasteiger partial charge in [0, 0.05) is 62.9 Å². The first-order chi connectivity index (χ1) is 31.3. The number of ether oxygens (including phenoxy) is 4. The van der Waals surface area contributed by atoms with Crippen molar-refractivity contribution in [1.29, 1.82) is 0 Å². The number of rotatable bonds is 21. The Bertz CT molecular complexity index is 2340. The minimum atomic E-state index is -1.53. The number of amides is 1. The fraction of sp³-hybridized carbons (Fsp3) is 0.440. The number of hydrogen-bond acceptors (Lipinski definition) is 12. The van der Waals surface area contributed by atoms with Gasteiger partial charge in [-0.05, 0) is 89.8 Å². The standard InChI is InChI=1S/C50H58N4O10/c1-3-28-62-50-46(53(33-36-14-10-13-34-11-4-5-15-40(34)36)49(57)63-38-19-17-37(18-20-38)54(58)59)32-44(51-60-2)42-30-35(12-6-8-26-55)41(16-7-9-27-56)47(48(42)50)43-31-39(21-22-45(43)64-50)61-29-25-52-23-24-52/h3-5,10-11,13-15,17-22,30-31,35,41,46-48,55-56H,1,6-9,12,16,23-29,32-33H2,2H3. The number of hydrogen-bond donors (Lipinski definition) is 2. The van der Waals surface area contributed by atoms with Crippen molar-refractivity contribution >= 4 is 28.3 Å². The number of non-ortho nitro benzene ring substituents is 1. The monoisotopic (exact) mass is 874 g/mol. The fourth-order valence-electron chi connectivity index (χ4n) is 10.1. The smallest absolute Gasteiger partial charge is 0.416 e. The summed E-state index contributed by atoms with van der Waals surface area (Å²) in [7, 11) is 1.51. The molecule has 4 aliphatic rings. The Balaban J connectivity index is 1.32. The van der Waals surface area contributed by atoms with Gasteiger partial charge in [0.25, 0.3) is 5.69 Å². The van der Waals surface area contributed by atoms with E-state index < -0.39 is 28.8 Å². The number of unbranched alkanes of at least 4 members (excludes halogenated alkanes) is 2. The van der Waals surface area contributed by atoms with Crippen LogP contribution in [0.15, 0.2) is 114 Å². The maximum atomic E-state index is 15.1. The third-order valence-corrected chi connectivity index (χ3v) is 13.1. The molecule has 2 fully saturated rings. The highest BCUT2D eigenvalue weighted by Gasteiger charge is 2.65. The molecule has 1 saturated carbocycles. The minimum Gasteiger partial charge on any atom is -0.492 e. The average molecular weight is 875 g/mol. The number of carbonyl (C=O) groups is 1. The summed E-state index contributed by atoms with van der Waals surface area (Å²) in [6, 6.07) is 24.5. The number of nitrogens with zero attached hydrogens (tertiary/aromatic N) is 4. The maximum absolute atomic E-state index is 15.1. The van der Waals surface area contributed by atoms with E-state index in [1.807, 2.05) is 54.6 Å². The summed E-state index contributed by atoms with van der Waals surface area (Å²) in [6.07, 6.45) is 7.93. The van der Waals surface area contributed by atoms with Crippen LogP contribution in [0.5, 0.6) is 17.2 Å². The summed E-state index contributed by atoms with van der Waals surface area (Å²) in [5, 5.41) is 38.1. The minimum absolute atomic E-state index is 0.0299. The highest BCUT2D eigenvalue weighted by Crippen LogP contribution is 2.62. The van der Waals surface area contributed by atoms with E-state index in [0.717, 1.165) is 78.5 Å². The van der Waals surface area contributed by atoms with Gasteiger partial charge in [-0.1, -0.05) is 72.6 Å². The van der Waals surface area contributed by atoms with Gasteiger partial charge in [-0.2, -0.15) is 0 Å². The van der Waals surface area contributed by atoms with Crippen LogP contribution in [0, 0.1) is 27.9 Å². The number of aliphatic hydroxyl groups excluding tert-OH is 2. The van der Waals surface area contributed by atoms with Crippen LogP contribution in [0.4, 0.5) is 10.5 Å². The highest BCUT2D eigenvalue weighted by atomic mass is 16.7. The van der Waals surface area contributed by atoms with Crippen molar-refractivity contribution < 1.29 is 43.7 Å². The quantitative estimate of drug-likeness (QED) is 0.0272. The fourth-order valence-corrected chi connectivity index (χ4v) is 10.1. The van der Waals surface area contributed by atoms with Crippen molar-refractivity contribution in [1.82, 2.24) is 9.80 Å². The lowest BCUT2D eigenvalue weighted by atomic mass is 9.55. The van der Waals surface area contributed by atoms with Gasteiger partial charge >= 0.3 is 6.09 Å².